The molecule has 0 unspecified atom stereocenters. The number of fused-ring (bicyclic) bond motifs is 1. The van der Waals surface area contributed by atoms with Crippen LogP contribution in [-0.4, -0.2) is 22.0 Å². The number of aromatic nitrogens is 3. The van der Waals surface area contributed by atoms with Crippen LogP contribution in [0, 0.1) is 0 Å². The molecule has 0 fully saturated rings. The van der Waals surface area contributed by atoms with Crippen LogP contribution in [-0.2, 0) is 13.1 Å². The summed E-state index contributed by atoms with van der Waals surface area (Å²) in [6.45, 7) is 1.38. The van der Waals surface area contributed by atoms with Crippen LogP contribution in [0.3, 0.4) is 0 Å². The Bertz CT molecular complexity index is 704. The number of nitrogens with one attached hydrogen (secondary N) is 1. The molecular weight excluding hydrogens is 280 g/mol. The van der Waals surface area contributed by atoms with Crippen LogP contribution >= 0.6 is 22.9 Å². The molecule has 3 aromatic rings. The fourth-order valence-corrected chi connectivity index (χ4v) is 3.48. The van der Waals surface area contributed by atoms with Crippen molar-refractivity contribution < 1.29 is 0 Å². The van der Waals surface area contributed by atoms with Crippen molar-refractivity contribution in [2.45, 2.75) is 13.1 Å². The van der Waals surface area contributed by atoms with Crippen molar-refractivity contribution in [1.29, 1.82) is 0 Å². The van der Waals surface area contributed by atoms with Gasteiger partial charge in [-0.15, -0.1) is 16.4 Å². The normalized spacial score (nSPS) is 11.3. The Morgan fingerprint density at radius 3 is 3.00 bits per heavy atom. The zero-order chi connectivity index (χ0) is 13.2. The third kappa shape index (κ3) is 2.49. The summed E-state index contributed by atoms with van der Waals surface area (Å²) in [5, 5.41) is 13.2. The first-order valence-electron chi connectivity index (χ1n) is 5.97. The molecule has 1 N–H and O–H groups in total. The smallest absolute Gasteiger partial charge is 0.0964 e. The third-order valence-corrected chi connectivity index (χ3v) is 4.55. The van der Waals surface area contributed by atoms with Gasteiger partial charge in [-0.25, -0.2) is 4.68 Å². The minimum atomic E-state index is 0.662. The molecule has 0 saturated heterocycles. The van der Waals surface area contributed by atoms with Crippen LogP contribution in [0.1, 0.15) is 10.6 Å². The average Bonchev–Trinajstić information content (AvgIpc) is 2.97. The molecule has 19 heavy (non-hydrogen) atoms. The summed E-state index contributed by atoms with van der Waals surface area (Å²) in [6.07, 6.45) is 1.94. The van der Waals surface area contributed by atoms with Crippen LogP contribution in [0.4, 0.5) is 0 Å². The zero-order valence-electron chi connectivity index (χ0n) is 10.4. The first-order valence-corrected chi connectivity index (χ1v) is 7.17. The molecule has 1 aromatic carbocycles. The molecular formula is C13H13ClN4S. The Kier molecular flexibility index (Phi) is 3.50. The van der Waals surface area contributed by atoms with E-state index in [-0.39, 0.29) is 0 Å². The van der Waals surface area contributed by atoms with E-state index in [1.54, 1.807) is 11.3 Å². The van der Waals surface area contributed by atoms with Gasteiger partial charge in [0.1, 0.15) is 0 Å². The van der Waals surface area contributed by atoms with Crippen LogP contribution in [0.2, 0.25) is 5.02 Å². The predicted octanol–water partition coefficient (Wildman–Crippen LogP) is 2.91. The van der Waals surface area contributed by atoms with Crippen LogP contribution < -0.4 is 5.32 Å². The second kappa shape index (κ2) is 5.28. The highest BCUT2D eigenvalue weighted by Gasteiger charge is 2.11. The molecule has 0 spiro atoms. The summed E-state index contributed by atoms with van der Waals surface area (Å²) >= 11 is 8.12. The lowest BCUT2D eigenvalue weighted by Gasteiger charge is -1.97. The van der Waals surface area contributed by atoms with Crippen molar-refractivity contribution >= 4 is 33.0 Å². The summed E-state index contributed by atoms with van der Waals surface area (Å²) in [6, 6.07) is 8.17. The second-order valence-electron chi connectivity index (χ2n) is 4.27. The van der Waals surface area contributed by atoms with E-state index in [2.05, 4.69) is 21.7 Å². The molecule has 98 valence electrons. The Morgan fingerprint density at radius 1 is 1.37 bits per heavy atom. The Labute approximate surface area is 120 Å². The highest BCUT2D eigenvalue weighted by molar-refractivity contribution is 7.19. The molecule has 0 aliphatic carbocycles. The lowest BCUT2D eigenvalue weighted by atomic mass is 10.2. The maximum atomic E-state index is 6.41. The fourth-order valence-electron chi connectivity index (χ4n) is 1.99. The molecule has 4 nitrogen and oxygen atoms in total. The highest BCUT2D eigenvalue weighted by atomic mass is 35.5. The molecule has 0 radical (unpaired) electrons. The molecule has 0 atom stereocenters. The van der Waals surface area contributed by atoms with Crippen molar-refractivity contribution in [3.05, 3.63) is 46.1 Å². The molecule has 3 rings (SSSR count). The number of rotatable bonds is 4. The molecule has 0 aliphatic rings. The second-order valence-corrected chi connectivity index (χ2v) is 5.79. The minimum Gasteiger partial charge on any atom is -0.314 e. The van der Waals surface area contributed by atoms with E-state index >= 15 is 0 Å². The molecule has 0 aliphatic heterocycles. The van der Waals surface area contributed by atoms with Gasteiger partial charge in [0.25, 0.3) is 0 Å². The van der Waals surface area contributed by atoms with E-state index < -0.39 is 0 Å². The van der Waals surface area contributed by atoms with Crippen molar-refractivity contribution in [1.82, 2.24) is 20.3 Å². The van der Waals surface area contributed by atoms with Gasteiger partial charge in [-0.3, -0.25) is 0 Å². The predicted molar refractivity (Wildman–Crippen MR) is 78.7 cm³/mol. The fraction of sp³-hybridized carbons (Fsp3) is 0.231. The number of hydrogen-bond donors (Lipinski definition) is 1. The van der Waals surface area contributed by atoms with E-state index in [1.807, 2.05) is 36.1 Å². The minimum absolute atomic E-state index is 0.662. The topological polar surface area (TPSA) is 42.7 Å². The number of thiophene rings is 1. The van der Waals surface area contributed by atoms with Crippen molar-refractivity contribution in [3.63, 3.8) is 0 Å². The molecule has 2 aromatic heterocycles. The highest BCUT2D eigenvalue weighted by Crippen LogP contribution is 2.35. The summed E-state index contributed by atoms with van der Waals surface area (Å²) < 4.78 is 3.03. The summed E-state index contributed by atoms with van der Waals surface area (Å²) in [7, 11) is 1.89. The lowest BCUT2D eigenvalue weighted by Crippen LogP contribution is -2.05. The average molecular weight is 293 g/mol. The van der Waals surface area contributed by atoms with E-state index in [1.165, 1.54) is 4.70 Å². The molecule has 0 saturated carbocycles. The van der Waals surface area contributed by atoms with Gasteiger partial charge >= 0.3 is 0 Å². The van der Waals surface area contributed by atoms with Gasteiger partial charge in [0.2, 0.25) is 0 Å². The van der Waals surface area contributed by atoms with Crippen LogP contribution in [0.5, 0.6) is 0 Å². The van der Waals surface area contributed by atoms with Gasteiger partial charge in [0.15, 0.2) is 0 Å². The number of nitrogens with zero attached hydrogens (tertiary/aromatic N) is 3. The summed E-state index contributed by atoms with van der Waals surface area (Å²) in [5.41, 5.74) is 0.930. The van der Waals surface area contributed by atoms with Gasteiger partial charge in [0.05, 0.1) is 23.5 Å². The summed E-state index contributed by atoms with van der Waals surface area (Å²) in [5.74, 6) is 0. The van der Waals surface area contributed by atoms with Crippen molar-refractivity contribution in [2.75, 3.05) is 7.05 Å². The maximum absolute atomic E-state index is 6.41. The first-order chi connectivity index (χ1) is 9.28. The van der Waals surface area contributed by atoms with Crippen molar-refractivity contribution in [3.8, 4) is 0 Å². The van der Waals surface area contributed by atoms with Crippen molar-refractivity contribution in [2.24, 2.45) is 0 Å². The standard InChI is InChI=1S/C13H13ClN4S/c1-15-6-9-7-18(17-16-9)8-12-13(14)10-4-2-3-5-11(10)19-12/h2-5,7,15H,6,8H2,1H3. The Balaban J connectivity index is 1.89. The largest absolute Gasteiger partial charge is 0.314 e. The lowest BCUT2D eigenvalue weighted by molar-refractivity contribution is 0.655. The number of halogens is 1. The van der Waals surface area contributed by atoms with E-state index in [9.17, 15) is 0 Å². The van der Waals surface area contributed by atoms with Gasteiger partial charge in [-0.2, -0.15) is 0 Å². The molecule has 6 heteroatoms. The van der Waals surface area contributed by atoms with Gasteiger partial charge in [-0.1, -0.05) is 35.0 Å². The van der Waals surface area contributed by atoms with Gasteiger partial charge in [0, 0.05) is 21.5 Å². The Hall–Kier alpha value is -1.43. The summed E-state index contributed by atoms with van der Waals surface area (Å²) in [4.78, 5) is 1.11. The van der Waals surface area contributed by atoms with Gasteiger partial charge < -0.3 is 5.32 Å². The van der Waals surface area contributed by atoms with Crippen LogP contribution in [0.15, 0.2) is 30.5 Å². The quantitative estimate of drug-likeness (QED) is 0.804. The Morgan fingerprint density at radius 2 is 2.21 bits per heavy atom. The zero-order valence-corrected chi connectivity index (χ0v) is 12.0. The van der Waals surface area contributed by atoms with E-state index in [0.29, 0.717) is 6.54 Å². The number of benzene rings is 1. The SMILES string of the molecule is CNCc1cn(Cc2sc3ccccc3c2Cl)nn1. The maximum Gasteiger partial charge on any atom is 0.0964 e. The van der Waals surface area contributed by atoms with Gasteiger partial charge in [-0.05, 0) is 13.1 Å². The van der Waals surface area contributed by atoms with E-state index in [4.69, 9.17) is 11.6 Å². The molecule has 0 bridgehead atoms. The molecule has 0 amide bonds. The van der Waals surface area contributed by atoms with E-state index in [0.717, 1.165) is 27.5 Å². The number of hydrogen-bond acceptors (Lipinski definition) is 4. The molecule has 2 heterocycles. The monoisotopic (exact) mass is 292 g/mol. The first kappa shape index (κ1) is 12.6. The third-order valence-electron chi connectivity index (χ3n) is 2.85. The van der Waals surface area contributed by atoms with Crippen LogP contribution in [0.25, 0.3) is 10.1 Å².